The number of aliphatic hydroxyl groups is 2. The average molecular weight is 443 g/mol. The summed E-state index contributed by atoms with van der Waals surface area (Å²) in [6.07, 6.45) is 25.0. The van der Waals surface area contributed by atoms with Crippen molar-refractivity contribution in [1.82, 2.24) is 0 Å². The molecule has 0 spiro atoms. The lowest BCUT2D eigenvalue weighted by Gasteiger charge is -2.14. The highest BCUT2D eigenvalue weighted by atomic mass is 16.4. The lowest BCUT2D eigenvalue weighted by molar-refractivity contribution is -0.137. The van der Waals surface area contributed by atoms with E-state index in [-0.39, 0.29) is 18.6 Å². The quantitative estimate of drug-likeness (QED) is 0.126. The van der Waals surface area contributed by atoms with Crippen molar-refractivity contribution in [2.45, 2.75) is 167 Å². The molecular formula is C27H54O4. The van der Waals surface area contributed by atoms with Crippen LogP contribution in [0.5, 0.6) is 0 Å². The number of aliphatic carboxylic acids is 1. The average Bonchev–Trinajstić information content (AvgIpc) is 2.74. The van der Waals surface area contributed by atoms with E-state index in [2.05, 4.69) is 6.92 Å². The van der Waals surface area contributed by atoms with Gasteiger partial charge in [-0.15, -0.1) is 0 Å². The van der Waals surface area contributed by atoms with Gasteiger partial charge in [0.05, 0.1) is 12.2 Å². The monoisotopic (exact) mass is 442 g/mol. The summed E-state index contributed by atoms with van der Waals surface area (Å²) >= 11 is 0. The van der Waals surface area contributed by atoms with E-state index >= 15 is 0 Å². The Bertz CT molecular complexity index is 372. The SMILES string of the molecule is CCCCCCCCCCCCCCC(O)CCC(O)CCCCCCCCC(=O)O. The van der Waals surface area contributed by atoms with E-state index in [4.69, 9.17) is 5.11 Å². The minimum absolute atomic E-state index is 0.257. The molecule has 0 aromatic rings. The second-order valence-corrected chi connectivity index (χ2v) is 9.62. The van der Waals surface area contributed by atoms with Crippen molar-refractivity contribution < 1.29 is 20.1 Å². The zero-order valence-corrected chi connectivity index (χ0v) is 20.7. The first kappa shape index (κ1) is 30.4. The summed E-state index contributed by atoms with van der Waals surface area (Å²) in [4.78, 5) is 10.4. The number of hydrogen-bond donors (Lipinski definition) is 3. The number of hydrogen-bond acceptors (Lipinski definition) is 3. The number of carbonyl (C=O) groups is 1. The van der Waals surface area contributed by atoms with Gasteiger partial charge < -0.3 is 15.3 Å². The van der Waals surface area contributed by atoms with Gasteiger partial charge in [-0.05, 0) is 32.1 Å². The van der Waals surface area contributed by atoms with Crippen LogP contribution < -0.4 is 0 Å². The standard InChI is InChI=1S/C27H54O4/c1-2-3-4-5-6-7-8-9-10-11-14-17-20-25(28)23-24-26(29)21-18-15-12-13-16-19-22-27(30)31/h25-26,28-29H,2-24H2,1H3,(H,30,31). The highest BCUT2D eigenvalue weighted by molar-refractivity contribution is 5.66. The van der Waals surface area contributed by atoms with E-state index in [1.807, 2.05) is 0 Å². The number of aliphatic hydroxyl groups excluding tert-OH is 2. The highest BCUT2D eigenvalue weighted by Crippen LogP contribution is 2.16. The summed E-state index contributed by atoms with van der Waals surface area (Å²) in [6.45, 7) is 2.27. The van der Waals surface area contributed by atoms with E-state index in [1.165, 1.54) is 70.6 Å². The second-order valence-electron chi connectivity index (χ2n) is 9.62. The van der Waals surface area contributed by atoms with Gasteiger partial charge >= 0.3 is 5.97 Å². The van der Waals surface area contributed by atoms with Gasteiger partial charge in [-0.2, -0.15) is 0 Å². The van der Waals surface area contributed by atoms with Gasteiger partial charge in [-0.3, -0.25) is 4.79 Å². The van der Waals surface area contributed by atoms with Crippen LogP contribution in [0.25, 0.3) is 0 Å². The molecule has 0 saturated carbocycles. The van der Waals surface area contributed by atoms with Gasteiger partial charge in [0.15, 0.2) is 0 Å². The van der Waals surface area contributed by atoms with E-state index in [0.29, 0.717) is 12.8 Å². The van der Waals surface area contributed by atoms with E-state index in [9.17, 15) is 15.0 Å². The van der Waals surface area contributed by atoms with Crippen molar-refractivity contribution in [3.63, 3.8) is 0 Å². The fourth-order valence-corrected chi connectivity index (χ4v) is 4.26. The van der Waals surface area contributed by atoms with Crippen LogP contribution >= 0.6 is 0 Å². The molecule has 0 aliphatic heterocycles. The summed E-state index contributed by atoms with van der Waals surface area (Å²) in [6, 6.07) is 0. The molecule has 0 fully saturated rings. The van der Waals surface area contributed by atoms with Gasteiger partial charge in [0.1, 0.15) is 0 Å². The Morgan fingerprint density at radius 3 is 1.19 bits per heavy atom. The first-order valence-corrected chi connectivity index (χ1v) is 13.6. The predicted octanol–water partition coefficient (Wildman–Crippen LogP) is 7.79. The first-order valence-electron chi connectivity index (χ1n) is 13.6. The summed E-state index contributed by atoms with van der Waals surface area (Å²) in [5, 5.41) is 28.8. The minimum atomic E-state index is -0.705. The highest BCUT2D eigenvalue weighted by Gasteiger charge is 2.09. The molecule has 0 aromatic carbocycles. The van der Waals surface area contributed by atoms with E-state index in [0.717, 1.165) is 57.8 Å². The normalized spacial score (nSPS) is 13.4. The van der Waals surface area contributed by atoms with Crippen LogP contribution in [0.2, 0.25) is 0 Å². The third-order valence-electron chi connectivity index (χ3n) is 6.40. The third-order valence-corrected chi connectivity index (χ3v) is 6.40. The molecule has 0 heterocycles. The maximum atomic E-state index is 10.4. The van der Waals surface area contributed by atoms with Crippen LogP contribution in [-0.2, 0) is 4.79 Å². The van der Waals surface area contributed by atoms with Crippen LogP contribution in [0.4, 0.5) is 0 Å². The van der Waals surface area contributed by atoms with Crippen LogP contribution in [0.15, 0.2) is 0 Å². The van der Waals surface area contributed by atoms with Gasteiger partial charge in [0, 0.05) is 6.42 Å². The molecule has 4 heteroatoms. The van der Waals surface area contributed by atoms with Crippen molar-refractivity contribution in [3.8, 4) is 0 Å². The van der Waals surface area contributed by atoms with Gasteiger partial charge in [-0.1, -0.05) is 116 Å². The van der Waals surface area contributed by atoms with Crippen molar-refractivity contribution in [1.29, 1.82) is 0 Å². The van der Waals surface area contributed by atoms with Crippen molar-refractivity contribution in [2.75, 3.05) is 0 Å². The van der Waals surface area contributed by atoms with Gasteiger partial charge in [0.25, 0.3) is 0 Å². The lowest BCUT2D eigenvalue weighted by Crippen LogP contribution is -2.13. The number of rotatable bonds is 25. The van der Waals surface area contributed by atoms with Crippen LogP contribution in [0, 0.1) is 0 Å². The molecule has 0 aliphatic rings. The smallest absolute Gasteiger partial charge is 0.303 e. The number of carboxylic acid groups (broad SMARTS) is 1. The molecule has 186 valence electrons. The molecule has 0 rings (SSSR count). The molecule has 0 bridgehead atoms. The van der Waals surface area contributed by atoms with Crippen molar-refractivity contribution >= 4 is 5.97 Å². The Morgan fingerprint density at radius 1 is 0.516 bits per heavy atom. The summed E-state index contributed by atoms with van der Waals surface area (Å²) < 4.78 is 0. The molecule has 4 nitrogen and oxygen atoms in total. The minimum Gasteiger partial charge on any atom is -0.481 e. The van der Waals surface area contributed by atoms with Crippen LogP contribution in [0.1, 0.15) is 155 Å². The summed E-state index contributed by atoms with van der Waals surface area (Å²) in [7, 11) is 0. The molecule has 0 aromatic heterocycles. The predicted molar refractivity (Wildman–Crippen MR) is 132 cm³/mol. The Kier molecular flexibility index (Phi) is 23.6. The molecule has 2 atom stereocenters. The maximum absolute atomic E-state index is 10.4. The summed E-state index contributed by atoms with van der Waals surface area (Å²) in [5.41, 5.74) is 0. The van der Waals surface area contributed by atoms with Crippen LogP contribution in [0.3, 0.4) is 0 Å². The Balaban J connectivity index is 3.30. The van der Waals surface area contributed by atoms with E-state index in [1.54, 1.807) is 0 Å². The Hall–Kier alpha value is -0.610. The molecule has 0 radical (unpaired) electrons. The maximum Gasteiger partial charge on any atom is 0.303 e. The fraction of sp³-hybridized carbons (Fsp3) is 0.963. The molecule has 0 aliphatic carbocycles. The molecule has 0 amide bonds. The molecule has 2 unspecified atom stereocenters. The Labute approximate surface area is 193 Å². The molecule has 0 saturated heterocycles. The topological polar surface area (TPSA) is 77.8 Å². The zero-order valence-electron chi connectivity index (χ0n) is 20.7. The fourth-order valence-electron chi connectivity index (χ4n) is 4.26. The van der Waals surface area contributed by atoms with Crippen LogP contribution in [-0.4, -0.2) is 33.5 Å². The zero-order chi connectivity index (χ0) is 23.0. The lowest BCUT2D eigenvalue weighted by atomic mass is 10.00. The molecule has 31 heavy (non-hydrogen) atoms. The third kappa shape index (κ3) is 25.5. The first-order chi connectivity index (χ1) is 15.1. The van der Waals surface area contributed by atoms with Gasteiger partial charge in [-0.25, -0.2) is 0 Å². The van der Waals surface area contributed by atoms with Crippen molar-refractivity contribution in [3.05, 3.63) is 0 Å². The Morgan fingerprint density at radius 2 is 0.839 bits per heavy atom. The molecular weight excluding hydrogens is 388 g/mol. The van der Waals surface area contributed by atoms with Gasteiger partial charge in [0.2, 0.25) is 0 Å². The van der Waals surface area contributed by atoms with E-state index < -0.39 is 5.97 Å². The number of unbranched alkanes of at least 4 members (excludes halogenated alkanes) is 16. The largest absolute Gasteiger partial charge is 0.481 e. The second kappa shape index (κ2) is 24.0. The van der Waals surface area contributed by atoms with Crippen molar-refractivity contribution in [2.24, 2.45) is 0 Å². The number of carboxylic acids is 1. The summed E-state index contributed by atoms with van der Waals surface area (Å²) in [5.74, 6) is -0.705. The molecule has 3 N–H and O–H groups in total.